The number of anilines is 1. The molecule has 2 aromatic rings. The number of carbonyl (C=O) groups is 1. The van der Waals surface area contributed by atoms with Crippen LogP contribution in [-0.2, 0) is 17.8 Å². The van der Waals surface area contributed by atoms with Gasteiger partial charge in [0.05, 0.1) is 18.4 Å². The molecule has 5 nitrogen and oxygen atoms in total. The maximum absolute atomic E-state index is 11.7. The Kier molecular flexibility index (Phi) is 3.28. The number of aryl methyl sites for hydroxylation is 1. The summed E-state index contributed by atoms with van der Waals surface area (Å²) in [6.07, 6.45) is 3.25. The van der Waals surface area contributed by atoms with Gasteiger partial charge in [-0.05, 0) is 36.7 Å². The highest BCUT2D eigenvalue weighted by molar-refractivity contribution is 5.96. The standard InChI is InChI=1S/C15H18N4O/c1-16-9-14-17-8-12(18-14)10-3-5-13-11(7-10)4-6-15(20)19(13)2/h3,5,7-8,16H,4,6,9H2,1-2H3,(H,17,18). The van der Waals surface area contributed by atoms with E-state index < -0.39 is 0 Å². The third-order valence-corrected chi connectivity index (χ3v) is 3.71. The molecule has 0 bridgehead atoms. The molecule has 0 spiro atoms. The second-order valence-electron chi connectivity index (χ2n) is 5.07. The molecule has 104 valence electrons. The maximum atomic E-state index is 11.7. The van der Waals surface area contributed by atoms with Crippen molar-refractivity contribution in [3.63, 3.8) is 0 Å². The van der Waals surface area contributed by atoms with E-state index in [1.165, 1.54) is 5.56 Å². The predicted molar refractivity (Wildman–Crippen MR) is 78.5 cm³/mol. The van der Waals surface area contributed by atoms with E-state index in [1.54, 1.807) is 4.90 Å². The monoisotopic (exact) mass is 270 g/mol. The van der Waals surface area contributed by atoms with Crippen LogP contribution >= 0.6 is 0 Å². The van der Waals surface area contributed by atoms with Crippen LogP contribution in [0.2, 0.25) is 0 Å². The van der Waals surface area contributed by atoms with Gasteiger partial charge in [-0.3, -0.25) is 4.79 Å². The van der Waals surface area contributed by atoms with Gasteiger partial charge < -0.3 is 15.2 Å². The van der Waals surface area contributed by atoms with Crippen LogP contribution in [0.25, 0.3) is 11.3 Å². The number of aromatic amines is 1. The van der Waals surface area contributed by atoms with E-state index in [9.17, 15) is 4.79 Å². The normalized spacial score (nSPS) is 14.5. The van der Waals surface area contributed by atoms with Gasteiger partial charge in [-0.1, -0.05) is 6.07 Å². The molecular weight excluding hydrogens is 252 g/mol. The van der Waals surface area contributed by atoms with Crippen LogP contribution < -0.4 is 10.2 Å². The number of carbonyl (C=O) groups excluding carboxylic acids is 1. The summed E-state index contributed by atoms with van der Waals surface area (Å²) in [6.45, 7) is 0.724. The van der Waals surface area contributed by atoms with Crippen LogP contribution in [-0.4, -0.2) is 30.0 Å². The van der Waals surface area contributed by atoms with E-state index in [0.717, 1.165) is 35.7 Å². The van der Waals surface area contributed by atoms with E-state index in [0.29, 0.717) is 6.42 Å². The predicted octanol–water partition coefficient (Wildman–Crippen LogP) is 1.71. The molecule has 0 unspecified atom stereocenters. The van der Waals surface area contributed by atoms with Crippen molar-refractivity contribution in [2.75, 3.05) is 19.0 Å². The molecule has 0 atom stereocenters. The lowest BCUT2D eigenvalue weighted by molar-refractivity contribution is -0.118. The Hall–Kier alpha value is -2.14. The first-order chi connectivity index (χ1) is 9.69. The van der Waals surface area contributed by atoms with E-state index in [1.807, 2.05) is 32.4 Å². The molecule has 0 aliphatic carbocycles. The number of nitrogens with zero attached hydrogens (tertiary/aromatic N) is 2. The van der Waals surface area contributed by atoms with Crippen molar-refractivity contribution in [3.05, 3.63) is 35.8 Å². The van der Waals surface area contributed by atoms with Crippen molar-refractivity contribution in [3.8, 4) is 11.3 Å². The van der Waals surface area contributed by atoms with Gasteiger partial charge in [-0.25, -0.2) is 4.98 Å². The van der Waals surface area contributed by atoms with Crippen molar-refractivity contribution in [1.82, 2.24) is 15.3 Å². The molecule has 2 N–H and O–H groups in total. The molecule has 2 heterocycles. The first-order valence-electron chi connectivity index (χ1n) is 6.77. The molecule has 20 heavy (non-hydrogen) atoms. The molecule has 5 heteroatoms. The van der Waals surface area contributed by atoms with E-state index in [-0.39, 0.29) is 5.91 Å². The molecule has 0 fully saturated rings. The number of benzene rings is 1. The lowest BCUT2D eigenvalue weighted by Crippen LogP contribution is -2.30. The van der Waals surface area contributed by atoms with E-state index >= 15 is 0 Å². The SMILES string of the molecule is CNCc1ncc(-c2ccc3c(c2)CCC(=O)N3C)[nH]1. The molecule has 1 aromatic carbocycles. The lowest BCUT2D eigenvalue weighted by Gasteiger charge is -2.26. The molecule has 0 saturated carbocycles. The summed E-state index contributed by atoms with van der Waals surface area (Å²) < 4.78 is 0. The fraction of sp³-hybridized carbons (Fsp3) is 0.333. The van der Waals surface area contributed by atoms with Gasteiger partial charge in [0.25, 0.3) is 0 Å². The summed E-state index contributed by atoms with van der Waals surface area (Å²) in [5.41, 5.74) is 4.35. The summed E-state index contributed by atoms with van der Waals surface area (Å²) >= 11 is 0. The Morgan fingerprint density at radius 3 is 3.05 bits per heavy atom. The number of imidazole rings is 1. The molecular formula is C15H18N4O. The summed E-state index contributed by atoms with van der Waals surface area (Å²) in [6, 6.07) is 6.19. The third kappa shape index (κ3) is 2.20. The molecule has 1 aliphatic rings. The minimum Gasteiger partial charge on any atom is -0.341 e. The Balaban J connectivity index is 1.93. The van der Waals surface area contributed by atoms with Gasteiger partial charge in [-0.2, -0.15) is 0 Å². The minimum atomic E-state index is 0.183. The summed E-state index contributed by atoms with van der Waals surface area (Å²) in [5, 5.41) is 3.07. The van der Waals surface area contributed by atoms with Crippen LogP contribution in [0.4, 0.5) is 5.69 Å². The number of nitrogens with one attached hydrogen (secondary N) is 2. The zero-order chi connectivity index (χ0) is 14.1. The van der Waals surface area contributed by atoms with Gasteiger partial charge >= 0.3 is 0 Å². The number of rotatable bonds is 3. The quantitative estimate of drug-likeness (QED) is 0.892. The van der Waals surface area contributed by atoms with E-state index in [4.69, 9.17) is 0 Å². The zero-order valence-corrected chi connectivity index (χ0v) is 11.7. The molecule has 0 radical (unpaired) electrons. The van der Waals surface area contributed by atoms with Crippen molar-refractivity contribution < 1.29 is 4.79 Å². The van der Waals surface area contributed by atoms with Crippen molar-refractivity contribution in [2.24, 2.45) is 0 Å². The Labute approximate surface area is 118 Å². The zero-order valence-electron chi connectivity index (χ0n) is 11.7. The summed E-state index contributed by atoms with van der Waals surface area (Å²) in [7, 11) is 3.73. The number of amides is 1. The maximum Gasteiger partial charge on any atom is 0.227 e. The first-order valence-corrected chi connectivity index (χ1v) is 6.77. The molecule has 1 aliphatic heterocycles. The second-order valence-corrected chi connectivity index (χ2v) is 5.07. The third-order valence-electron chi connectivity index (χ3n) is 3.71. The van der Waals surface area contributed by atoms with E-state index in [2.05, 4.69) is 21.4 Å². The Morgan fingerprint density at radius 2 is 2.25 bits per heavy atom. The van der Waals surface area contributed by atoms with Gasteiger partial charge in [0, 0.05) is 19.2 Å². The highest BCUT2D eigenvalue weighted by atomic mass is 16.2. The van der Waals surface area contributed by atoms with Crippen LogP contribution in [0.5, 0.6) is 0 Å². The number of hydrogen-bond donors (Lipinski definition) is 2. The Bertz CT molecular complexity index is 647. The van der Waals surface area contributed by atoms with Crippen LogP contribution in [0.15, 0.2) is 24.4 Å². The van der Waals surface area contributed by atoms with Gasteiger partial charge in [-0.15, -0.1) is 0 Å². The van der Waals surface area contributed by atoms with Crippen molar-refractivity contribution in [2.45, 2.75) is 19.4 Å². The number of fused-ring (bicyclic) bond motifs is 1. The fourth-order valence-electron chi connectivity index (χ4n) is 2.59. The number of aromatic nitrogens is 2. The van der Waals surface area contributed by atoms with Gasteiger partial charge in [0.2, 0.25) is 5.91 Å². The second kappa shape index (κ2) is 5.09. The molecule has 1 aromatic heterocycles. The molecule has 3 rings (SSSR count). The van der Waals surface area contributed by atoms with Crippen LogP contribution in [0.3, 0.4) is 0 Å². The lowest BCUT2D eigenvalue weighted by atomic mass is 9.98. The number of H-pyrrole nitrogens is 1. The van der Waals surface area contributed by atoms with Gasteiger partial charge in [0.1, 0.15) is 5.82 Å². The van der Waals surface area contributed by atoms with Crippen molar-refractivity contribution >= 4 is 11.6 Å². The fourth-order valence-corrected chi connectivity index (χ4v) is 2.59. The average Bonchev–Trinajstić information content (AvgIpc) is 2.92. The van der Waals surface area contributed by atoms with Gasteiger partial charge in [0.15, 0.2) is 0 Å². The highest BCUT2D eigenvalue weighted by Crippen LogP contribution is 2.30. The summed E-state index contributed by atoms with van der Waals surface area (Å²) in [4.78, 5) is 21.1. The highest BCUT2D eigenvalue weighted by Gasteiger charge is 2.21. The Morgan fingerprint density at radius 1 is 1.40 bits per heavy atom. The largest absolute Gasteiger partial charge is 0.341 e. The van der Waals surface area contributed by atoms with Crippen molar-refractivity contribution in [1.29, 1.82) is 0 Å². The minimum absolute atomic E-state index is 0.183. The topological polar surface area (TPSA) is 61.0 Å². The number of hydrogen-bond acceptors (Lipinski definition) is 3. The first kappa shape index (κ1) is 12.9. The smallest absolute Gasteiger partial charge is 0.227 e. The molecule has 1 amide bonds. The van der Waals surface area contributed by atoms with Crippen LogP contribution in [0, 0.1) is 0 Å². The summed E-state index contributed by atoms with van der Waals surface area (Å²) in [5.74, 6) is 1.11. The molecule has 0 saturated heterocycles. The van der Waals surface area contributed by atoms with Crippen LogP contribution in [0.1, 0.15) is 17.8 Å². The average molecular weight is 270 g/mol.